The van der Waals surface area contributed by atoms with Crippen molar-refractivity contribution in [3.8, 4) is 0 Å². The molecule has 0 amide bonds. The van der Waals surface area contributed by atoms with Crippen molar-refractivity contribution in [2.75, 3.05) is 39.3 Å². The lowest BCUT2D eigenvalue weighted by Crippen LogP contribution is -2.31. The van der Waals surface area contributed by atoms with Crippen molar-refractivity contribution >= 4 is 5.97 Å². The van der Waals surface area contributed by atoms with Crippen LogP contribution in [0.4, 0.5) is 0 Å². The van der Waals surface area contributed by atoms with Crippen molar-refractivity contribution in [3.05, 3.63) is 0 Å². The predicted molar refractivity (Wildman–Crippen MR) is 69.0 cm³/mol. The van der Waals surface area contributed by atoms with Crippen molar-refractivity contribution in [1.29, 1.82) is 0 Å². The third kappa shape index (κ3) is 6.03. The molecule has 0 aromatic carbocycles. The molecule has 1 unspecified atom stereocenters. The summed E-state index contributed by atoms with van der Waals surface area (Å²) in [5.41, 5.74) is 0. The Morgan fingerprint density at radius 2 is 2.29 bits per heavy atom. The van der Waals surface area contributed by atoms with E-state index in [9.17, 15) is 4.79 Å². The van der Waals surface area contributed by atoms with Crippen LogP contribution in [0.1, 0.15) is 33.1 Å². The summed E-state index contributed by atoms with van der Waals surface area (Å²) in [4.78, 5) is 13.8. The Morgan fingerprint density at radius 1 is 1.47 bits per heavy atom. The third-order valence-corrected chi connectivity index (χ3v) is 3.28. The maximum absolute atomic E-state index is 11.3. The summed E-state index contributed by atoms with van der Waals surface area (Å²) in [6.07, 6.45) is 3.27. The molecule has 0 radical (unpaired) electrons. The van der Waals surface area contributed by atoms with Gasteiger partial charge in [-0.2, -0.15) is 0 Å². The minimum absolute atomic E-state index is 0.121. The van der Waals surface area contributed by atoms with Crippen LogP contribution in [0.5, 0.6) is 0 Å². The maximum Gasteiger partial charge on any atom is 0.319 e. The summed E-state index contributed by atoms with van der Waals surface area (Å²) in [7, 11) is 0. The zero-order chi connectivity index (χ0) is 12.5. The molecular formula is C13H26N2O2. The van der Waals surface area contributed by atoms with E-state index in [4.69, 9.17) is 4.74 Å². The van der Waals surface area contributed by atoms with Gasteiger partial charge in [-0.15, -0.1) is 0 Å². The molecule has 1 aliphatic heterocycles. The smallest absolute Gasteiger partial charge is 0.319 e. The molecule has 1 fully saturated rings. The molecule has 1 saturated heterocycles. The molecule has 1 atom stereocenters. The number of nitrogens with zero attached hydrogens (tertiary/aromatic N) is 1. The summed E-state index contributed by atoms with van der Waals surface area (Å²) in [6, 6.07) is 0. The highest BCUT2D eigenvalue weighted by Gasteiger charge is 2.20. The fraction of sp³-hybridized carbons (Fsp3) is 0.923. The second-order valence-electron chi connectivity index (χ2n) is 4.75. The van der Waals surface area contributed by atoms with Gasteiger partial charge in [0.15, 0.2) is 0 Å². The first-order valence-corrected chi connectivity index (χ1v) is 6.85. The molecule has 4 heteroatoms. The van der Waals surface area contributed by atoms with Crippen LogP contribution in [0.15, 0.2) is 0 Å². The number of likely N-dealkylation sites (tertiary alicyclic amines) is 1. The van der Waals surface area contributed by atoms with Crippen LogP contribution in [-0.4, -0.2) is 50.2 Å². The maximum atomic E-state index is 11.3. The summed E-state index contributed by atoms with van der Waals surface area (Å²) in [5, 5.41) is 3.20. The Morgan fingerprint density at radius 3 is 2.94 bits per heavy atom. The lowest BCUT2D eigenvalue weighted by atomic mass is 10.1. The predicted octanol–water partition coefficient (Wildman–Crippen LogP) is 1.26. The van der Waals surface area contributed by atoms with Crippen molar-refractivity contribution < 1.29 is 9.53 Å². The van der Waals surface area contributed by atoms with E-state index in [1.807, 2.05) is 0 Å². The van der Waals surface area contributed by atoms with Crippen LogP contribution in [0, 0.1) is 5.92 Å². The molecule has 1 rings (SSSR count). The number of nitrogens with one attached hydrogen (secondary N) is 1. The molecule has 17 heavy (non-hydrogen) atoms. The van der Waals surface area contributed by atoms with E-state index in [0.717, 1.165) is 32.5 Å². The zero-order valence-corrected chi connectivity index (χ0v) is 11.2. The van der Waals surface area contributed by atoms with E-state index in [-0.39, 0.29) is 5.97 Å². The largest absolute Gasteiger partial charge is 0.465 e. The molecule has 0 spiro atoms. The van der Waals surface area contributed by atoms with Gasteiger partial charge in [0.1, 0.15) is 0 Å². The lowest BCUT2D eigenvalue weighted by Gasteiger charge is -2.13. The SMILES string of the molecule is CCCCOC(=O)CNCC1CCN(CC)C1. The standard InChI is InChI=1S/C13H26N2O2/c1-3-5-8-17-13(16)10-14-9-12-6-7-15(4-2)11-12/h12,14H,3-11H2,1-2H3. The normalized spacial score (nSPS) is 20.7. The van der Waals surface area contributed by atoms with Gasteiger partial charge in [0.2, 0.25) is 0 Å². The molecule has 0 aliphatic carbocycles. The Hall–Kier alpha value is -0.610. The quantitative estimate of drug-likeness (QED) is 0.514. The van der Waals surface area contributed by atoms with E-state index in [1.54, 1.807) is 0 Å². The van der Waals surface area contributed by atoms with E-state index < -0.39 is 0 Å². The second kappa shape index (κ2) is 8.48. The van der Waals surface area contributed by atoms with Gasteiger partial charge in [-0.1, -0.05) is 20.3 Å². The van der Waals surface area contributed by atoms with Gasteiger partial charge >= 0.3 is 5.97 Å². The molecule has 1 N–H and O–H groups in total. The van der Waals surface area contributed by atoms with Gasteiger partial charge in [-0.05, 0) is 38.4 Å². The van der Waals surface area contributed by atoms with Gasteiger partial charge < -0.3 is 15.0 Å². The molecule has 100 valence electrons. The number of carbonyl (C=O) groups excluding carboxylic acids is 1. The molecule has 0 bridgehead atoms. The third-order valence-electron chi connectivity index (χ3n) is 3.28. The summed E-state index contributed by atoms with van der Waals surface area (Å²) in [5.74, 6) is 0.571. The molecule has 0 aromatic rings. The number of hydrogen-bond donors (Lipinski definition) is 1. The average molecular weight is 242 g/mol. The van der Waals surface area contributed by atoms with E-state index in [1.165, 1.54) is 13.0 Å². The van der Waals surface area contributed by atoms with Crippen molar-refractivity contribution in [3.63, 3.8) is 0 Å². The highest BCUT2D eigenvalue weighted by Crippen LogP contribution is 2.14. The number of rotatable bonds is 8. The van der Waals surface area contributed by atoms with Crippen LogP contribution in [0.3, 0.4) is 0 Å². The van der Waals surface area contributed by atoms with Crippen LogP contribution in [0.2, 0.25) is 0 Å². The molecule has 0 saturated carbocycles. The average Bonchev–Trinajstić information content (AvgIpc) is 2.77. The first kappa shape index (κ1) is 14.5. The summed E-state index contributed by atoms with van der Waals surface area (Å²) in [6.45, 7) is 9.62. The monoisotopic (exact) mass is 242 g/mol. The zero-order valence-electron chi connectivity index (χ0n) is 11.2. The number of esters is 1. The minimum atomic E-state index is -0.121. The molecule has 0 aromatic heterocycles. The number of ether oxygens (including phenoxy) is 1. The Bertz CT molecular complexity index is 221. The van der Waals surface area contributed by atoms with Crippen LogP contribution < -0.4 is 5.32 Å². The molecular weight excluding hydrogens is 216 g/mol. The lowest BCUT2D eigenvalue weighted by molar-refractivity contribution is -0.142. The minimum Gasteiger partial charge on any atom is -0.465 e. The van der Waals surface area contributed by atoms with Gasteiger partial charge in [-0.3, -0.25) is 4.79 Å². The highest BCUT2D eigenvalue weighted by atomic mass is 16.5. The van der Waals surface area contributed by atoms with E-state index in [2.05, 4.69) is 24.1 Å². The second-order valence-corrected chi connectivity index (χ2v) is 4.75. The van der Waals surface area contributed by atoms with Gasteiger partial charge in [0.25, 0.3) is 0 Å². The number of unbranched alkanes of at least 4 members (excludes halogenated alkanes) is 1. The van der Waals surface area contributed by atoms with E-state index in [0.29, 0.717) is 19.1 Å². The first-order chi connectivity index (χ1) is 8.26. The van der Waals surface area contributed by atoms with Crippen molar-refractivity contribution in [2.45, 2.75) is 33.1 Å². The summed E-state index contributed by atoms with van der Waals surface area (Å²) >= 11 is 0. The van der Waals surface area contributed by atoms with Gasteiger partial charge in [0, 0.05) is 6.54 Å². The van der Waals surface area contributed by atoms with E-state index >= 15 is 0 Å². The number of hydrogen-bond acceptors (Lipinski definition) is 4. The Kier molecular flexibility index (Phi) is 7.21. The molecule has 1 heterocycles. The number of carbonyl (C=O) groups is 1. The Balaban J connectivity index is 1.98. The topological polar surface area (TPSA) is 41.6 Å². The van der Waals surface area contributed by atoms with Gasteiger partial charge in [0.05, 0.1) is 13.2 Å². The summed E-state index contributed by atoms with van der Waals surface area (Å²) < 4.78 is 5.08. The van der Waals surface area contributed by atoms with Crippen LogP contribution in [-0.2, 0) is 9.53 Å². The first-order valence-electron chi connectivity index (χ1n) is 6.85. The van der Waals surface area contributed by atoms with Crippen molar-refractivity contribution in [1.82, 2.24) is 10.2 Å². The fourth-order valence-electron chi connectivity index (χ4n) is 2.13. The molecule has 1 aliphatic rings. The van der Waals surface area contributed by atoms with Crippen LogP contribution in [0.25, 0.3) is 0 Å². The van der Waals surface area contributed by atoms with Crippen LogP contribution >= 0.6 is 0 Å². The Labute approximate surface area is 105 Å². The fourth-order valence-corrected chi connectivity index (χ4v) is 2.13. The van der Waals surface area contributed by atoms with Gasteiger partial charge in [-0.25, -0.2) is 0 Å². The van der Waals surface area contributed by atoms with Crippen molar-refractivity contribution in [2.24, 2.45) is 5.92 Å². The molecule has 4 nitrogen and oxygen atoms in total. The highest BCUT2D eigenvalue weighted by molar-refractivity contribution is 5.71.